The number of rotatable bonds is 3. The number of non-ortho nitro benzene ring substituents is 1. The summed E-state index contributed by atoms with van der Waals surface area (Å²) in [6.07, 6.45) is -1.02. The van der Waals surface area contributed by atoms with E-state index < -0.39 is 32.9 Å². The number of carbonyl (C=O) groups excluding carboxylic acids is 1. The molecule has 0 saturated carbocycles. The van der Waals surface area contributed by atoms with Gasteiger partial charge in [0.05, 0.1) is 15.9 Å². The van der Waals surface area contributed by atoms with Crippen LogP contribution in [-0.2, 0) is 4.74 Å². The van der Waals surface area contributed by atoms with Crippen LogP contribution in [0.5, 0.6) is 0 Å². The van der Waals surface area contributed by atoms with Gasteiger partial charge in [0.2, 0.25) is 0 Å². The fraction of sp³-hybridized carbons (Fsp3) is 0.364. The molecular formula is C11H12N4O6. The predicted octanol–water partition coefficient (Wildman–Crippen LogP) is 3.52. The van der Waals surface area contributed by atoms with Crippen LogP contribution in [0.4, 0.5) is 21.9 Å². The fourth-order valence-corrected chi connectivity index (χ4v) is 1.23. The molecule has 0 saturated heterocycles. The average molecular weight is 296 g/mol. The lowest BCUT2D eigenvalue weighted by molar-refractivity contribution is -0.393. The third-order valence-electron chi connectivity index (χ3n) is 2.00. The lowest BCUT2D eigenvalue weighted by Crippen LogP contribution is -2.21. The molecule has 1 aromatic rings. The normalized spacial score (nSPS) is 11.4. The topological polar surface area (TPSA) is 137 Å². The van der Waals surface area contributed by atoms with E-state index in [0.717, 1.165) is 18.2 Å². The number of amides is 1. The zero-order valence-corrected chi connectivity index (χ0v) is 11.5. The molecule has 0 unspecified atom stereocenters. The predicted molar refractivity (Wildman–Crippen MR) is 70.5 cm³/mol. The summed E-state index contributed by atoms with van der Waals surface area (Å²) in [7, 11) is 0. The molecule has 0 spiro atoms. The summed E-state index contributed by atoms with van der Waals surface area (Å²) in [6.45, 7) is 4.86. The number of nitrogens with zero attached hydrogens (tertiary/aromatic N) is 4. The highest BCUT2D eigenvalue weighted by atomic mass is 16.6. The SMILES string of the molecule is CC(C)(C)OC(=O)N=Nc1ccc([N+](=O)[O-])cc1[N+](=O)[O-]. The lowest BCUT2D eigenvalue weighted by Gasteiger charge is -2.16. The molecule has 0 aromatic heterocycles. The van der Waals surface area contributed by atoms with E-state index in [2.05, 4.69) is 10.2 Å². The summed E-state index contributed by atoms with van der Waals surface area (Å²) in [5.74, 6) is 0. The Labute approximate surface area is 118 Å². The van der Waals surface area contributed by atoms with Crippen molar-refractivity contribution in [1.29, 1.82) is 0 Å². The molecule has 1 aromatic carbocycles. The van der Waals surface area contributed by atoms with Crippen molar-refractivity contribution in [3.8, 4) is 0 Å². The van der Waals surface area contributed by atoms with Crippen LogP contribution in [0, 0.1) is 20.2 Å². The maximum Gasteiger partial charge on any atom is 0.452 e. The first-order chi connectivity index (χ1) is 9.60. The van der Waals surface area contributed by atoms with Gasteiger partial charge in [0.1, 0.15) is 5.60 Å². The smallest absolute Gasteiger partial charge is 0.441 e. The van der Waals surface area contributed by atoms with Crippen LogP contribution in [0.25, 0.3) is 0 Å². The van der Waals surface area contributed by atoms with Crippen molar-refractivity contribution in [2.24, 2.45) is 10.2 Å². The van der Waals surface area contributed by atoms with Gasteiger partial charge in [-0.15, -0.1) is 5.11 Å². The van der Waals surface area contributed by atoms with Crippen molar-refractivity contribution in [2.75, 3.05) is 0 Å². The minimum atomic E-state index is -1.02. The minimum Gasteiger partial charge on any atom is -0.441 e. The summed E-state index contributed by atoms with van der Waals surface area (Å²) >= 11 is 0. The number of hydrogen-bond acceptors (Lipinski definition) is 7. The Bertz CT molecular complexity index is 620. The standard InChI is InChI=1S/C11H12N4O6/c1-11(2,3)21-10(16)13-12-8-5-4-7(14(17)18)6-9(8)15(19)20/h4-6H,1-3H3. The van der Waals surface area contributed by atoms with E-state index in [1.165, 1.54) is 0 Å². The van der Waals surface area contributed by atoms with Gasteiger partial charge in [0, 0.05) is 6.07 Å². The summed E-state index contributed by atoms with van der Waals surface area (Å²) < 4.78 is 4.84. The molecule has 1 amide bonds. The highest BCUT2D eigenvalue weighted by Crippen LogP contribution is 2.31. The quantitative estimate of drug-likeness (QED) is 0.475. The molecule has 21 heavy (non-hydrogen) atoms. The molecule has 0 bridgehead atoms. The van der Waals surface area contributed by atoms with Crippen LogP contribution in [0.1, 0.15) is 20.8 Å². The molecule has 0 aliphatic carbocycles. The lowest BCUT2D eigenvalue weighted by atomic mass is 10.2. The van der Waals surface area contributed by atoms with Gasteiger partial charge in [-0.2, -0.15) is 0 Å². The molecule has 10 nitrogen and oxygen atoms in total. The fourth-order valence-electron chi connectivity index (χ4n) is 1.23. The van der Waals surface area contributed by atoms with Crippen molar-refractivity contribution in [3.05, 3.63) is 38.4 Å². The Morgan fingerprint density at radius 1 is 1.19 bits per heavy atom. The monoisotopic (exact) mass is 296 g/mol. The van der Waals surface area contributed by atoms with Crippen molar-refractivity contribution < 1.29 is 19.4 Å². The number of hydrogen-bond donors (Lipinski definition) is 0. The molecule has 0 atom stereocenters. The van der Waals surface area contributed by atoms with Gasteiger partial charge in [-0.1, -0.05) is 5.11 Å². The summed E-state index contributed by atoms with van der Waals surface area (Å²) in [4.78, 5) is 31.1. The number of ether oxygens (including phenoxy) is 1. The Morgan fingerprint density at radius 3 is 2.29 bits per heavy atom. The van der Waals surface area contributed by atoms with Crippen LogP contribution in [0.3, 0.4) is 0 Å². The second kappa shape index (κ2) is 6.03. The molecule has 0 fully saturated rings. The van der Waals surface area contributed by atoms with Crippen molar-refractivity contribution in [1.82, 2.24) is 0 Å². The number of azo groups is 1. The maximum atomic E-state index is 11.3. The first kappa shape index (κ1) is 16.1. The first-order valence-electron chi connectivity index (χ1n) is 5.68. The van der Waals surface area contributed by atoms with Gasteiger partial charge >= 0.3 is 11.8 Å². The van der Waals surface area contributed by atoms with E-state index in [9.17, 15) is 25.0 Å². The molecule has 10 heteroatoms. The van der Waals surface area contributed by atoms with Gasteiger partial charge in [0.15, 0.2) is 5.69 Å². The molecule has 0 radical (unpaired) electrons. The van der Waals surface area contributed by atoms with Crippen LogP contribution >= 0.6 is 0 Å². The Hall–Kier alpha value is -2.91. The zero-order chi connectivity index (χ0) is 16.2. The van der Waals surface area contributed by atoms with E-state index in [1.807, 2.05) is 0 Å². The second-order valence-corrected chi connectivity index (χ2v) is 4.87. The highest BCUT2D eigenvalue weighted by molar-refractivity contribution is 5.69. The molecule has 0 heterocycles. The van der Waals surface area contributed by atoms with Crippen molar-refractivity contribution >= 4 is 23.2 Å². The minimum absolute atomic E-state index is 0.281. The largest absolute Gasteiger partial charge is 0.452 e. The van der Waals surface area contributed by atoms with E-state index in [4.69, 9.17) is 4.74 Å². The van der Waals surface area contributed by atoms with Gasteiger partial charge in [-0.25, -0.2) is 4.79 Å². The first-order valence-corrected chi connectivity index (χ1v) is 5.68. The maximum absolute atomic E-state index is 11.3. The number of nitro groups is 2. The summed E-state index contributed by atoms with van der Waals surface area (Å²) in [5, 5.41) is 28.0. The summed E-state index contributed by atoms with van der Waals surface area (Å²) in [5.41, 5.74) is -2.15. The van der Waals surface area contributed by atoms with E-state index in [0.29, 0.717) is 0 Å². The van der Waals surface area contributed by atoms with Gasteiger partial charge < -0.3 is 4.74 Å². The molecule has 0 aliphatic heterocycles. The Morgan fingerprint density at radius 2 is 1.81 bits per heavy atom. The van der Waals surface area contributed by atoms with Gasteiger partial charge in [-0.3, -0.25) is 20.2 Å². The average Bonchev–Trinajstić information content (AvgIpc) is 2.33. The molecular weight excluding hydrogens is 284 g/mol. The highest BCUT2D eigenvalue weighted by Gasteiger charge is 2.20. The van der Waals surface area contributed by atoms with Crippen LogP contribution in [-0.4, -0.2) is 21.5 Å². The van der Waals surface area contributed by atoms with Gasteiger partial charge in [-0.05, 0) is 26.8 Å². The van der Waals surface area contributed by atoms with Gasteiger partial charge in [0.25, 0.3) is 5.69 Å². The van der Waals surface area contributed by atoms with Crippen LogP contribution in [0.15, 0.2) is 28.4 Å². The Balaban J connectivity index is 3.05. The molecule has 0 N–H and O–H groups in total. The van der Waals surface area contributed by atoms with Crippen LogP contribution < -0.4 is 0 Å². The third kappa shape index (κ3) is 4.93. The molecule has 1 rings (SSSR count). The number of benzene rings is 1. The van der Waals surface area contributed by atoms with Crippen LogP contribution in [0.2, 0.25) is 0 Å². The van der Waals surface area contributed by atoms with Crippen molar-refractivity contribution in [2.45, 2.75) is 26.4 Å². The van der Waals surface area contributed by atoms with Crippen molar-refractivity contribution in [3.63, 3.8) is 0 Å². The number of nitro benzene ring substituents is 2. The molecule has 0 aliphatic rings. The zero-order valence-electron chi connectivity index (χ0n) is 11.5. The van der Waals surface area contributed by atoms with E-state index in [1.54, 1.807) is 20.8 Å². The number of carbonyl (C=O) groups is 1. The molecule has 112 valence electrons. The Kier molecular flexibility index (Phi) is 4.64. The van der Waals surface area contributed by atoms with E-state index >= 15 is 0 Å². The third-order valence-corrected chi connectivity index (χ3v) is 2.00. The second-order valence-electron chi connectivity index (χ2n) is 4.87. The summed E-state index contributed by atoms with van der Waals surface area (Å²) in [6, 6.07) is 2.80. The van der Waals surface area contributed by atoms with E-state index in [-0.39, 0.29) is 5.69 Å².